The SMILES string of the molecule is CCCC(CC1CC(=O)c2c(C)c(CCCC(C)(C)C)cc(C(C)=O)c2C1)C(CC)C(=O)CC(C)=O. The number of fused-ring (bicyclic) bond motifs is 1. The van der Waals surface area contributed by atoms with Gasteiger partial charge in [-0.1, -0.05) is 47.5 Å². The molecule has 1 aliphatic carbocycles. The zero-order chi connectivity index (χ0) is 27.2. The summed E-state index contributed by atoms with van der Waals surface area (Å²) < 4.78 is 0. The lowest BCUT2D eigenvalue weighted by Crippen LogP contribution is -2.30. The molecule has 0 amide bonds. The van der Waals surface area contributed by atoms with Gasteiger partial charge in [0.2, 0.25) is 0 Å². The molecule has 0 aliphatic heterocycles. The van der Waals surface area contributed by atoms with Gasteiger partial charge in [-0.3, -0.25) is 19.2 Å². The van der Waals surface area contributed by atoms with Crippen molar-refractivity contribution in [2.24, 2.45) is 23.2 Å². The van der Waals surface area contributed by atoms with E-state index < -0.39 is 0 Å². The van der Waals surface area contributed by atoms with Crippen molar-refractivity contribution in [3.05, 3.63) is 33.9 Å². The van der Waals surface area contributed by atoms with Crippen LogP contribution in [0.4, 0.5) is 0 Å². The quantitative estimate of drug-likeness (QED) is 0.207. The van der Waals surface area contributed by atoms with Gasteiger partial charge < -0.3 is 0 Å². The maximum atomic E-state index is 13.5. The molecule has 4 nitrogen and oxygen atoms in total. The van der Waals surface area contributed by atoms with Crippen molar-refractivity contribution in [3.63, 3.8) is 0 Å². The van der Waals surface area contributed by atoms with Gasteiger partial charge in [-0.25, -0.2) is 0 Å². The van der Waals surface area contributed by atoms with E-state index in [4.69, 9.17) is 0 Å². The second-order valence-corrected chi connectivity index (χ2v) is 12.4. The highest BCUT2D eigenvalue weighted by Gasteiger charge is 2.34. The molecule has 2 rings (SSSR count). The molecule has 1 aromatic carbocycles. The largest absolute Gasteiger partial charge is 0.300 e. The Morgan fingerprint density at radius 3 is 2.28 bits per heavy atom. The Labute approximate surface area is 219 Å². The maximum absolute atomic E-state index is 13.5. The summed E-state index contributed by atoms with van der Waals surface area (Å²) in [5, 5.41) is 0. The van der Waals surface area contributed by atoms with Gasteiger partial charge in [0.05, 0.1) is 6.42 Å². The van der Waals surface area contributed by atoms with Gasteiger partial charge in [0.25, 0.3) is 0 Å². The molecule has 0 fully saturated rings. The molecule has 0 saturated carbocycles. The number of aryl methyl sites for hydroxylation is 1. The van der Waals surface area contributed by atoms with Crippen molar-refractivity contribution in [3.8, 4) is 0 Å². The number of ketones is 4. The zero-order valence-corrected chi connectivity index (χ0v) is 24.0. The van der Waals surface area contributed by atoms with Crippen LogP contribution >= 0.6 is 0 Å². The first-order chi connectivity index (χ1) is 16.8. The minimum absolute atomic E-state index is 0.00315. The van der Waals surface area contributed by atoms with Gasteiger partial charge in [0.15, 0.2) is 11.6 Å². The van der Waals surface area contributed by atoms with Gasteiger partial charge in [0.1, 0.15) is 11.6 Å². The normalized spacial score (nSPS) is 17.4. The van der Waals surface area contributed by atoms with Crippen LogP contribution in [-0.2, 0) is 22.4 Å². The first kappa shape index (κ1) is 30.1. The fourth-order valence-electron chi connectivity index (χ4n) is 6.24. The maximum Gasteiger partial charge on any atom is 0.163 e. The molecule has 0 N–H and O–H groups in total. The molecule has 0 bridgehead atoms. The molecule has 36 heavy (non-hydrogen) atoms. The third-order valence-electron chi connectivity index (χ3n) is 7.94. The van der Waals surface area contributed by atoms with E-state index in [0.717, 1.165) is 60.8 Å². The summed E-state index contributed by atoms with van der Waals surface area (Å²) in [5.74, 6) is 0.225. The predicted molar refractivity (Wildman–Crippen MR) is 147 cm³/mol. The van der Waals surface area contributed by atoms with Gasteiger partial charge in [-0.05, 0) is 99.3 Å². The van der Waals surface area contributed by atoms with E-state index in [1.165, 1.54) is 6.92 Å². The van der Waals surface area contributed by atoms with Crippen LogP contribution in [0.2, 0.25) is 0 Å². The molecular formula is C32H48O4. The van der Waals surface area contributed by atoms with Crippen molar-refractivity contribution in [2.45, 2.75) is 120 Å². The second-order valence-electron chi connectivity index (χ2n) is 12.4. The number of benzene rings is 1. The predicted octanol–water partition coefficient (Wildman–Crippen LogP) is 7.69. The minimum atomic E-state index is -0.149. The van der Waals surface area contributed by atoms with Crippen LogP contribution in [0.25, 0.3) is 0 Å². The molecule has 1 aromatic rings. The smallest absolute Gasteiger partial charge is 0.163 e. The molecule has 200 valence electrons. The van der Waals surface area contributed by atoms with Crippen molar-refractivity contribution in [1.82, 2.24) is 0 Å². The molecule has 0 aromatic heterocycles. The summed E-state index contributed by atoms with van der Waals surface area (Å²) in [6.07, 6.45) is 7.53. The highest BCUT2D eigenvalue weighted by atomic mass is 16.1. The van der Waals surface area contributed by atoms with Gasteiger partial charge in [-0.15, -0.1) is 0 Å². The average Bonchev–Trinajstić information content (AvgIpc) is 2.74. The number of Topliss-reactive ketones (excluding diaryl/α,β-unsaturated/α-hetero) is 4. The molecule has 3 unspecified atom stereocenters. The van der Waals surface area contributed by atoms with E-state index in [-0.39, 0.29) is 52.7 Å². The Morgan fingerprint density at radius 1 is 1.08 bits per heavy atom. The number of carbonyl (C=O) groups is 4. The van der Waals surface area contributed by atoms with Crippen LogP contribution in [0.15, 0.2) is 6.07 Å². The molecule has 0 saturated heterocycles. The summed E-state index contributed by atoms with van der Waals surface area (Å²) in [6, 6.07) is 2.05. The third-order valence-corrected chi connectivity index (χ3v) is 7.94. The van der Waals surface area contributed by atoms with Crippen LogP contribution < -0.4 is 0 Å². The van der Waals surface area contributed by atoms with Crippen LogP contribution in [0.3, 0.4) is 0 Å². The Balaban J connectivity index is 2.35. The van der Waals surface area contributed by atoms with E-state index in [1.54, 1.807) is 6.92 Å². The van der Waals surface area contributed by atoms with E-state index in [0.29, 0.717) is 24.8 Å². The number of hydrogen-bond acceptors (Lipinski definition) is 4. The summed E-state index contributed by atoms with van der Waals surface area (Å²) in [6.45, 7) is 16.0. The molecule has 0 radical (unpaired) electrons. The Kier molecular flexibility index (Phi) is 10.8. The van der Waals surface area contributed by atoms with Crippen molar-refractivity contribution < 1.29 is 19.2 Å². The molecule has 0 heterocycles. The van der Waals surface area contributed by atoms with E-state index in [1.807, 2.05) is 19.9 Å². The third kappa shape index (κ3) is 7.95. The summed E-state index contributed by atoms with van der Waals surface area (Å²) in [7, 11) is 0. The van der Waals surface area contributed by atoms with Crippen LogP contribution in [-0.4, -0.2) is 23.1 Å². The van der Waals surface area contributed by atoms with Crippen LogP contribution in [0, 0.1) is 30.1 Å². The Morgan fingerprint density at radius 2 is 1.75 bits per heavy atom. The van der Waals surface area contributed by atoms with Crippen molar-refractivity contribution >= 4 is 23.1 Å². The number of hydrogen-bond donors (Lipinski definition) is 0. The fourth-order valence-corrected chi connectivity index (χ4v) is 6.24. The first-order valence-electron chi connectivity index (χ1n) is 14.0. The zero-order valence-electron chi connectivity index (χ0n) is 24.0. The van der Waals surface area contributed by atoms with Crippen LogP contribution in [0.5, 0.6) is 0 Å². The van der Waals surface area contributed by atoms with Crippen LogP contribution in [0.1, 0.15) is 137 Å². The average molecular weight is 497 g/mol. The minimum Gasteiger partial charge on any atom is -0.300 e. The molecular weight excluding hydrogens is 448 g/mol. The van der Waals surface area contributed by atoms with E-state index in [2.05, 4.69) is 27.7 Å². The lowest BCUT2D eigenvalue weighted by atomic mass is 9.70. The first-order valence-corrected chi connectivity index (χ1v) is 14.0. The lowest BCUT2D eigenvalue weighted by Gasteiger charge is -2.33. The summed E-state index contributed by atoms with van der Waals surface area (Å²) in [5.41, 5.74) is 4.81. The molecule has 3 atom stereocenters. The van der Waals surface area contributed by atoms with Crippen molar-refractivity contribution in [1.29, 1.82) is 0 Å². The standard InChI is InChI=1S/C32H48O4/c1-9-12-25(26(10-2)29(35)15-20(3)33)16-23-17-28-27(22(5)34)19-24(13-11-14-32(6,7)8)21(4)31(28)30(36)18-23/h19,23,25-26H,9-18H2,1-8H3. The molecule has 0 spiro atoms. The van der Waals surface area contributed by atoms with Gasteiger partial charge >= 0.3 is 0 Å². The molecule has 4 heteroatoms. The highest BCUT2D eigenvalue weighted by molar-refractivity contribution is 6.05. The second kappa shape index (κ2) is 12.9. The number of carbonyl (C=O) groups excluding carboxylic acids is 4. The topological polar surface area (TPSA) is 68.3 Å². The Hall–Kier alpha value is -2.10. The van der Waals surface area contributed by atoms with E-state index >= 15 is 0 Å². The lowest BCUT2D eigenvalue weighted by molar-refractivity contribution is -0.129. The monoisotopic (exact) mass is 496 g/mol. The molecule has 1 aliphatic rings. The Bertz CT molecular complexity index is 979. The highest BCUT2D eigenvalue weighted by Crippen LogP contribution is 2.39. The fraction of sp³-hybridized carbons (Fsp3) is 0.688. The summed E-state index contributed by atoms with van der Waals surface area (Å²) >= 11 is 0. The van der Waals surface area contributed by atoms with Gasteiger partial charge in [0, 0.05) is 23.5 Å². The van der Waals surface area contributed by atoms with Crippen molar-refractivity contribution in [2.75, 3.05) is 0 Å². The summed E-state index contributed by atoms with van der Waals surface area (Å²) in [4.78, 5) is 50.7. The number of rotatable bonds is 13. The van der Waals surface area contributed by atoms with E-state index in [9.17, 15) is 19.2 Å². The van der Waals surface area contributed by atoms with Gasteiger partial charge in [-0.2, -0.15) is 0 Å².